The molecule has 1 aliphatic rings. The van der Waals surface area contributed by atoms with Gasteiger partial charge in [0.25, 0.3) is 5.91 Å². The number of carbonyl (C=O) groups excluding carboxylic acids is 1. The molecule has 0 unspecified atom stereocenters. The van der Waals surface area contributed by atoms with Crippen LogP contribution in [0.3, 0.4) is 0 Å². The third kappa shape index (κ3) is 4.84. The van der Waals surface area contributed by atoms with Crippen LogP contribution in [0.1, 0.15) is 29.2 Å². The number of nitrogens with zero attached hydrogens (tertiary/aromatic N) is 2. The van der Waals surface area contributed by atoms with Crippen molar-refractivity contribution in [1.29, 1.82) is 0 Å². The Morgan fingerprint density at radius 3 is 2.79 bits per heavy atom. The fraction of sp³-hybridized carbons (Fsp3) is 0.435. The van der Waals surface area contributed by atoms with Crippen LogP contribution in [0.2, 0.25) is 0 Å². The third-order valence-electron chi connectivity index (χ3n) is 5.41. The summed E-state index contributed by atoms with van der Waals surface area (Å²) in [5, 5.41) is 3.03. The topological polar surface area (TPSA) is 44.8 Å². The molecule has 0 saturated heterocycles. The molecule has 150 valence electrons. The molecular weight excluding hydrogens is 350 g/mol. The van der Waals surface area contributed by atoms with Gasteiger partial charge in [-0.3, -0.25) is 4.79 Å². The number of ether oxygens (including phenoxy) is 1. The molecule has 5 heteroatoms. The van der Waals surface area contributed by atoms with Gasteiger partial charge in [-0.2, -0.15) is 0 Å². The first-order valence-corrected chi connectivity index (χ1v) is 9.91. The highest BCUT2D eigenvalue weighted by atomic mass is 16.5. The SMILES string of the molecule is Cc1ccccc1OCC(=O)NC[C@@H](c1ccc2c(c1)CCCN2C)N(C)C. The number of amides is 1. The van der Waals surface area contributed by atoms with Gasteiger partial charge in [0.1, 0.15) is 5.75 Å². The van der Waals surface area contributed by atoms with Crippen LogP contribution in [-0.4, -0.2) is 51.6 Å². The van der Waals surface area contributed by atoms with E-state index in [4.69, 9.17) is 4.74 Å². The third-order valence-corrected chi connectivity index (χ3v) is 5.41. The molecule has 0 spiro atoms. The number of hydrogen-bond donors (Lipinski definition) is 1. The second-order valence-electron chi connectivity index (χ2n) is 7.75. The van der Waals surface area contributed by atoms with Crippen molar-refractivity contribution >= 4 is 11.6 Å². The molecule has 5 nitrogen and oxygen atoms in total. The molecule has 2 aromatic carbocycles. The molecule has 2 aromatic rings. The van der Waals surface area contributed by atoms with E-state index >= 15 is 0 Å². The van der Waals surface area contributed by atoms with Crippen molar-refractivity contribution in [3.05, 3.63) is 59.2 Å². The number of anilines is 1. The lowest BCUT2D eigenvalue weighted by Crippen LogP contribution is -2.37. The molecule has 1 amide bonds. The first-order chi connectivity index (χ1) is 13.5. The molecule has 0 bridgehead atoms. The van der Waals surface area contributed by atoms with Gasteiger partial charge in [-0.05, 0) is 62.7 Å². The van der Waals surface area contributed by atoms with Gasteiger partial charge in [-0.1, -0.05) is 30.3 Å². The Morgan fingerprint density at radius 2 is 2.04 bits per heavy atom. The number of hydrogen-bond acceptors (Lipinski definition) is 4. The first-order valence-electron chi connectivity index (χ1n) is 9.91. The number of benzene rings is 2. The molecule has 0 saturated carbocycles. The van der Waals surface area contributed by atoms with E-state index in [-0.39, 0.29) is 18.6 Å². The van der Waals surface area contributed by atoms with E-state index in [2.05, 4.69) is 40.4 Å². The number of rotatable bonds is 7. The van der Waals surface area contributed by atoms with Crippen LogP contribution in [0, 0.1) is 6.92 Å². The molecule has 28 heavy (non-hydrogen) atoms. The van der Waals surface area contributed by atoms with Gasteiger partial charge in [0.2, 0.25) is 0 Å². The minimum Gasteiger partial charge on any atom is -0.484 e. The lowest BCUT2D eigenvalue weighted by Gasteiger charge is -2.30. The summed E-state index contributed by atoms with van der Waals surface area (Å²) < 4.78 is 5.65. The maximum absolute atomic E-state index is 12.3. The number of aryl methyl sites for hydroxylation is 2. The largest absolute Gasteiger partial charge is 0.484 e. The Labute approximate surface area is 168 Å². The summed E-state index contributed by atoms with van der Waals surface area (Å²) in [6.45, 7) is 3.67. The van der Waals surface area contributed by atoms with Crippen LogP contribution in [0.15, 0.2) is 42.5 Å². The average Bonchev–Trinajstić information content (AvgIpc) is 2.67. The Balaban J connectivity index is 1.60. The fourth-order valence-corrected chi connectivity index (χ4v) is 3.73. The van der Waals surface area contributed by atoms with E-state index in [9.17, 15) is 4.79 Å². The van der Waals surface area contributed by atoms with Gasteiger partial charge in [-0.25, -0.2) is 0 Å². The van der Waals surface area contributed by atoms with Crippen LogP contribution in [0.25, 0.3) is 0 Å². The van der Waals surface area contributed by atoms with Crippen LogP contribution in [-0.2, 0) is 11.2 Å². The summed E-state index contributed by atoms with van der Waals surface area (Å²) in [4.78, 5) is 16.8. The Kier molecular flexibility index (Phi) is 6.57. The Hall–Kier alpha value is -2.53. The molecule has 1 heterocycles. The molecule has 1 atom stereocenters. The zero-order chi connectivity index (χ0) is 20.1. The van der Waals surface area contributed by atoms with Gasteiger partial charge in [0.15, 0.2) is 6.61 Å². The van der Waals surface area contributed by atoms with Crippen molar-refractivity contribution in [2.45, 2.75) is 25.8 Å². The highest BCUT2D eigenvalue weighted by Gasteiger charge is 2.19. The van der Waals surface area contributed by atoms with Crippen molar-refractivity contribution in [3.8, 4) is 5.75 Å². The second kappa shape index (κ2) is 9.11. The van der Waals surface area contributed by atoms with Crippen molar-refractivity contribution in [2.75, 3.05) is 45.7 Å². The van der Waals surface area contributed by atoms with E-state index in [0.717, 1.165) is 24.3 Å². The van der Waals surface area contributed by atoms with E-state index in [1.54, 1.807) is 0 Å². The maximum atomic E-state index is 12.3. The predicted molar refractivity (Wildman–Crippen MR) is 114 cm³/mol. The number of likely N-dealkylation sites (N-methyl/N-ethyl adjacent to an activating group) is 1. The summed E-state index contributed by atoms with van der Waals surface area (Å²) in [5.74, 6) is 0.647. The van der Waals surface area contributed by atoms with Crippen LogP contribution in [0.4, 0.5) is 5.69 Å². The molecule has 3 rings (SSSR count). The lowest BCUT2D eigenvalue weighted by molar-refractivity contribution is -0.123. The van der Waals surface area contributed by atoms with Crippen molar-refractivity contribution in [2.24, 2.45) is 0 Å². The minimum absolute atomic E-state index is 0.0278. The second-order valence-corrected chi connectivity index (χ2v) is 7.75. The molecule has 0 fully saturated rings. The van der Waals surface area contributed by atoms with E-state index in [1.165, 1.54) is 23.2 Å². The summed E-state index contributed by atoms with van der Waals surface area (Å²) in [5.41, 5.74) is 4.98. The lowest BCUT2D eigenvalue weighted by atomic mass is 9.96. The molecule has 0 radical (unpaired) electrons. The van der Waals surface area contributed by atoms with Gasteiger partial charge < -0.3 is 19.9 Å². The quantitative estimate of drug-likeness (QED) is 0.800. The van der Waals surface area contributed by atoms with Crippen molar-refractivity contribution < 1.29 is 9.53 Å². The number of nitrogens with one attached hydrogen (secondary N) is 1. The van der Waals surface area contributed by atoms with Crippen LogP contribution < -0.4 is 15.0 Å². The number of fused-ring (bicyclic) bond motifs is 1. The smallest absolute Gasteiger partial charge is 0.258 e. The van der Waals surface area contributed by atoms with Crippen LogP contribution >= 0.6 is 0 Å². The van der Waals surface area contributed by atoms with Gasteiger partial charge >= 0.3 is 0 Å². The predicted octanol–water partition coefficient (Wildman–Crippen LogP) is 3.18. The molecule has 0 aliphatic carbocycles. The highest BCUT2D eigenvalue weighted by molar-refractivity contribution is 5.77. The van der Waals surface area contributed by atoms with Gasteiger partial charge in [0, 0.05) is 25.8 Å². The Morgan fingerprint density at radius 1 is 1.25 bits per heavy atom. The zero-order valence-electron chi connectivity index (χ0n) is 17.4. The van der Waals surface area contributed by atoms with Gasteiger partial charge in [0.05, 0.1) is 6.04 Å². The standard InChI is InChI=1S/C23H31N3O2/c1-17-8-5-6-10-22(17)28-16-23(27)24-15-21(25(2)3)19-11-12-20-18(14-19)9-7-13-26(20)4/h5-6,8,10-12,14,21H,7,9,13,15-16H2,1-4H3,(H,24,27)/t21-/m0/s1. The van der Waals surface area contributed by atoms with E-state index < -0.39 is 0 Å². The highest BCUT2D eigenvalue weighted by Crippen LogP contribution is 2.29. The number of para-hydroxylation sites is 1. The molecule has 1 N–H and O–H groups in total. The fourth-order valence-electron chi connectivity index (χ4n) is 3.73. The summed E-state index contributed by atoms with van der Waals surface area (Å²) in [7, 11) is 6.24. The molecule has 0 aromatic heterocycles. The molecule has 1 aliphatic heterocycles. The minimum atomic E-state index is -0.104. The molecular formula is C23H31N3O2. The van der Waals surface area contributed by atoms with Gasteiger partial charge in [-0.15, -0.1) is 0 Å². The number of carbonyl (C=O) groups is 1. The monoisotopic (exact) mass is 381 g/mol. The van der Waals surface area contributed by atoms with E-state index in [1.807, 2.05) is 45.3 Å². The summed E-state index contributed by atoms with van der Waals surface area (Å²) >= 11 is 0. The van der Waals surface area contributed by atoms with Crippen molar-refractivity contribution in [1.82, 2.24) is 10.2 Å². The normalized spacial score (nSPS) is 14.5. The average molecular weight is 382 g/mol. The van der Waals surface area contributed by atoms with Crippen molar-refractivity contribution in [3.63, 3.8) is 0 Å². The summed E-state index contributed by atoms with van der Waals surface area (Å²) in [6, 6.07) is 14.5. The Bertz CT molecular complexity index is 819. The van der Waals surface area contributed by atoms with Crippen LogP contribution in [0.5, 0.6) is 5.75 Å². The first kappa shape index (κ1) is 20.2. The summed E-state index contributed by atoms with van der Waals surface area (Å²) in [6.07, 6.45) is 2.30. The zero-order valence-corrected chi connectivity index (χ0v) is 17.4. The maximum Gasteiger partial charge on any atom is 0.258 e. The van der Waals surface area contributed by atoms with E-state index in [0.29, 0.717) is 6.54 Å².